The third-order valence-corrected chi connectivity index (χ3v) is 6.79. The molecule has 3 N–H and O–H groups in total. The molecule has 0 spiro atoms. The standard InChI is InChI=1S/C24H30N2O4S/c1-14-4-7-17(8-5-14)13-25-23(30)22-18-9-6-15(2)10-19(18)31-24(22)26-20(27)11-16(3)12-21(28)29/h4-5,7-8,15-16H,6,9-13H2,1-3H3,(H,25,30)(H,26,27)(H,28,29)/t15-,16-/m0/s1. The van der Waals surface area contributed by atoms with Gasteiger partial charge in [-0.3, -0.25) is 14.4 Å². The number of rotatable bonds is 8. The van der Waals surface area contributed by atoms with Crippen molar-refractivity contribution in [2.24, 2.45) is 11.8 Å². The van der Waals surface area contributed by atoms with Gasteiger partial charge in [0.25, 0.3) is 5.91 Å². The highest BCUT2D eigenvalue weighted by Crippen LogP contribution is 2.39. The van der Waals surface area contributed by atoms with Crippen LogP contribution in [-0.4, -0.2) is 22.9 Å². The molecule has 2 amide bonds. The van der Waals surface area contributed by atoms with E-state index in [1.54, 1.807) is 6.92 Å². The highest BCUT2D eigenvalue weighted by molar-refractivity contribution is 7.17. The highest BCUT2D eigenvalue weighted by Gasteiger charge is 2.28. The number of anilines is 1. The van der Waals surface area contributed by atoms with Crippen molar-refractivity contribution >= 4 is 34.1 Å². The smallest absolute Gasteiger partial charge is 0.303 e. The number of carbonyl (C=O) groups is 3. The normalized spacial score (nSPS) is 16.3. The van der Waals surface area contributed by atoms with Gasteiger partial charge in [-0.25, -0.2) is 0 Å². The first kappa shape index (κ1) is 23.0. The van der Waals surface area contributed by atoms with Crippen molar-refractivity contribution in [3.63, 3.8) is 0 Å². The number of hydrogen-bond acceptors (Lipinski definition) is 4. The summed E-state index contributed by atoms with van der Waals surface area (Å²) in [6.07, 6.45) is 2.80. The van der Waals surface area contributed by atoms with Crippen LogP contribution in [0.15, 0.2) is 24.3 Å². The van der Waals surface area contributed by atoms with Crippen molar-refractivity contribution in [2.75, 3.05) is 5.32 Å². The number of benzene rings is 1. The summed E-state index contributed by atoms with van der Waals surface area (Å²) in [4.78, 5) is 37.7. The van der Waals surface area contributed by atoms with Gasteiger partial charge in [-0.05, 0) is 49.1 Å². The molecule has 7 heteroatoms. The van der Waals surface area contributed by atoms with Crippen LogP contribution < -0.4 is 10.6 Å². The fraction of sp³-hybridized carbons (Fsp3) is 0.458. The summed E-state index contributed by atoms with van der Waals surface area (Å²) in [5.74, 6) is -1.08. The van der Waals surface area contributed by atoms with Crippen molar-refractivity contribution in [2.45, 2.75) is 59.4 Å². The second-order valence-electron chi connectivity index (χ2n) is 8.68. The summed E-state index contributed by atoms with van der Waals surface area (Å²) in [7, 11) is 0. The average molecular weight is 443 g/mol. The Kier molecular flexibility index (Phi) is 7.49. The van der Waals surface area contributed by atoms with E-state index in [9.17, 15) is 14.4 Å². The number of fused-ring (bicyclic) bond motifs is 1. The second kappa shape index (κ2) is 10.1. The topological polar surface area (TPSA) is 95.5 Å². The van der Waals surface area contributed by atoms with Crippen LogP contribution in [0.1, 0.15) is 65.0 Å². The third-order valence-electron chi connectivity index (χ3n) is 5.62. The summed E-state index contributed by atoms with van der Waals surface area (Å²) >= 11 is 1.48. The molecule has 1 aliphatic carbocycles. The molecule has 0 unspecified atom stereocenters. The van der Waals surface area contributed by atoms with Crippen molar-refractivity contribution in [1.29, 1.82) is 0 Å². The molecular formula is C24H30N2O4S. The first-order valence-corrected chi connectivity index (χ1v) is 11.5. The number of carbonyl (C=O) groups excluding carboxylic acids is 2. The Balaban J connectivity index is 1.77. The maximum absolute atomic E-state index is 13.1. The van der Waals surface area contributed by atoms with E-state index in [2.05, 4.69) is 17.6 Å². The SMILES string of the molecule is Cc1ccc(CNC(=O)c2c(NC(=O)C[C@H](C)CC(=O)O)sc3c2CC[C@H](C)C3)cc1. The van der Waals surface area contributed by atoms with Crippen LogP contribution in [0.5, 0.6) is 0 Å². The molecule has 0 aliphatic heterocycles. The van der Waals surface area contributed by atoms with Crippen molar-refractivity contribution in [1.82, 2.24) is 5.32 Å². The fourth-order valence-corrected chi connectivity index (χ4v) is 5.34. The lowest BCUT2D eigenvalue weighted by Crippen LogP contribution is -2.26. The van der Waals surface area contributed by atoms with Gasteiger partial charge < -0.3 is 15.7 Å². The Morgan fingerprint density at radius 2 is 1.90 bits per heavy atom. The van der Waals surface area contributed by atoms with Gasteiger partial charge in [0.2, 0.25) is 5.91 Å². The van der Waals surface area contributed by atoms with Crippen molar-refractivity contribution in [3.8, 4) is 0 Å². The van der Waals surface area contributed by atoms with Crippen LogP contribution in [0, 0.1) is 18.8 Å². The zero-order valence-corrected chi connectivity index (χ0v) is 19.1. The number of hydrogen-bond donors (Lipinski definition) is 3. The molecule has 6 nitrogen and oxygen atoms in total. The molecule has 0 fully saturated rings. The van der Waals surface area contributed by atoms with E-state index in [1.165, 1.54) is 16.9 Å². The lowest BCUT2D eigenvalue weighted by atomic mass is 9.88. The molecular weight excluding hydrogens is 412 g/mol. The molecule has 166 valence electrons. The monoisotopic (exact) mass is 442 g/mol. The molecule has 2 atom stereocenters. The lowest BCUT2D eigenvalue weighted by molar-refractivity contribution is -0.138. The number of aliphatic carboxylic acids is 1. The van der Waals surface area contributed by atoms with Crippen LogP contribution in [0.3, 0.4) is 0 Å². The van der Waals surface area contributed by atoms with Crippen LogP contribution in [0.25, 0.3) is 0 Å². The molecule has 1 aromatic heterocycles. The summed E-state index contributed by atoms with van der Waals surface area (Å²) < 4.78 is 0. The molecule has 1 aromatic carbocycles. The summed E-state index contributed by atoms with van der Waals surface area (Å²) in [5, 5.41) is 15.4. The van der Waals surface area contributed by atoms with Gasteiger partial charge in [0.1, 0.15) is 5.00 Å². The van der Waals surface area contributed by atoms with E-state index < -0.39 is 5.97 Å². The molecule has 0 radical (unpaired) electrons. The van der Waals surface area contributed by atoms with Crippen LogP contribution in [0.4, 0.5) is 5.00 Å². The van der Waals surface area contributed by atoms with Crippen LogP contribution in [-0.2, 0) is 29.0 Å². The minimum atomic E-state index is -0.919. The van der Waals surface area contributed by atoms with Crippen LogP contribution >= 0.6 is 11.3 Å². The van der Waals surface area contributed by atoms with Crippen molar-refractivity contribution < 1.29 is 19.5 Å². The van der Waals surface area contributed by atoms with E-state index in [4.69, 9.17) is 5.11 Å². The predicted molar refractivity (Wildman–Crippen MR) is 123 cm³/mol. The van der Waals surface area contributed by atoms with Gasteiger partial charge in [-0.15, -0.1) is 11.3 Å². The average Bonchev–Trinajstić information content (AvgIpc) is 3.03. The molecule has 31 heavy (non-hydrogen) atoms. The largest absolute Gasteiger partial charge is 0.481 e. The number of amides is 2. The Bertz CT molecular complexity index is 965. The summed E-state index contributed by atoms with van der Waals surface area (Å²) in [6.45, 7) is 6.38. The van der Waals surface area contributed by atoms with Gasteiger partial charge in [-0.2, -0.15) is 0 Å². The maximum atomic E-state index is 13.1. The van der Waals surface area contributed by atoms with E-state index >= 15 is 0 Å². The highest BCUT2D eigenvalue weighted by atomic mass is 32.1. The van der Waals surface area contributed by atoms with Gasteiger partial charge in [0.15, 0.2) is 0 Å². The third kappa shape index (κ3) is 6.17. The first-order chi connectivity index (χ1) is 14.7. The molecule has 1 aliphatic rings. The van der Waals surface area contributed by atoms with E-state index in [1.807, 2.05) is 31.2 Å². The zero-order valence-electron chi connectivity index (χ0n) is 18.3. The van der Waals surface area contributed by atoms with Gasteiger partial charge in [0, 0.05) is 24.3 Å². The van der Waals surface area contributed by atoms with Crippen molar-refractivity contribution in [3.05, 3.63) is 51.4 Å². The van der Waals surface area contributed by atoms with Crippen LogP contribution in [0.2, 0.25) is 0 Å². The fourth-order valence-electron chi connectivity index (χ4n) is 3.92. The second-order valence-corrected chi connectivity index (χ2v) is 9.78. The van der Waals surface area contributed by atoms with E-state index in [0.717, 1.165) is 35.3 Å². The number of nitrogens with one attached hydrogen (secondary N) is 2. The molecule has 2 aromatic rings. The zero-order chi connectivity index (χ0) is 22.5. The summed E-state index contributed by atoms with van der Waals surface area (Å²) in [5.41, 5.74) is 3.79. The molecule has 0 saturated heterocycles. The molecule has 1 heterocycles. The lowest BCUT2D eigenvalue weighted by Gasteiger charge is -2.18. The van der Waals surface area contributed by atoms with Gasteiger partial charge in [0.05, 0.1) is 5.56 Å². The Hall–Kier alpha value is -2.67. The minimum Gasteiger partial charge on any atom is -0.481 e. The molecule has 0 saturated carbocycles. The molecule has 0 bridgehead atoms. The van der Waals surface area contributed by atoms with E-state index in [-0.39, 0.29) is 30.6 Å². The number of aryl methyl sites for hydroxylation is 1. The summed E-state index contributed by atoms with van der Waals surface area (Å²) in [6, 6.07) is 8.01. The first-order valence-electron chi connectivity index (χ1n) is 10.7. The minimum absolute atomic E-state index is 0.0598. The van der Waals surface area contributed by atoms with Gasteiger partial charge in [-0.1, -0.05) is 43.7 Å². The van der Waals surface area contributed by atoms with E-state index in [0.29, 0.717) is 23.0 Å². The Labute approximate surface area is 187 Å². The van der Waals surface area contributed by atoms with Gasteiger partial charge >= 0.3 is 5.97 Å². The Morgan fingerprint density at radius 3 is 2.58 bits per heavy atom. The number of thiophene rings is 1. The number of carboxylic acid groups (broad SMARTS) is 1. The number of carboxylic acids is 1. The molecule has 3 rings (SSSR count). The quantitative estimate of drug-likeness (QED) is 0.559. The maximum Gasteiger partial charge on any atom is 0.303 e. The predicted octanol–water partition coefficient (Wildman–Crippen LogP) is 4.55. The Morgan fingerprint density at radius 1 is 1.19 bits per heavy atom.